The van der Waals surface area contributed by atoms with E-state index in [-0.39, 0.29) is 11.4 Å². The Hall–Kier alpha value is -12.7. The van der Waals surface area contributed by atoms with Gasteiger partial charge >= 0.3 is 6.18 Å². The van der Waals surface area contributed by atoms with Gasteiger partial charge < -0.3 is 27.4 Å². The van der Waals surface area contributed by atoms with Crippen LogP contribution in [0.3, 0.4) is 0 Å². The van der Waals surface area contributed by atoms with Gasteiger partial charge in [-0.25, -0.2) is 22.0 Å². The molecule has 0 spiro atoms. The maximum absolute atomic E-state index is 17.0. The fourth-order valence-corrected chi connectivity index (χ4v) is 16.1. The number of rotatable bonds is 7. The minimum absolute atomic E-state index is 0.0935. The smallest absolute Gasteiger partial charge is 0.309 e. The third kappa shape index (κ3) is 7.93. The third-order valence-corrected chi connectivity index (χ3v) is 20.2. The van der Waals surface area contributed by atoms with Crippen molar-refractivity contribution in [3.05, 3.63) is 314 Å². The van der Waals surface area contributed by atoms with Gasteiger partial charge in [0.05, 0.1) is 88.7 Å². The van der Waals surface area contributed by atoms with Crippen LogP contribution in [0, 0.1) is 29.1 Å². The van der Waals surface area contributed by atoms with Gasteiger partial charge in [0.25, 0.3) is 0 Å². The maximum Gasteiger partial charge on any atom is 0.417 e. The zero-order valence-corrected chi connectivity index (χ0v) is 51.8. The van der Waals surface area contributed by atoms with Crippen molar-refractivity contribution < 1.29 is 35.1 Å². The summed E-state index contributed by atoms with van der Waals surface area (Å²) in [6.07, 6.45) is -5.50. The van der Waals surface area contributed by atoms with E-state index in [1.54, 1.807) is 9.13 Å². The van der Waals surface area contributed by atoms with Gasteiger partial charge in [-0.15, -0.1) is 0 Å². The Morgan fingerprint density at radius 3 is 0.657 bits per heavy atom. The number of para-hydroxylation sites is 8. The molecule has 472 valence electrons. The van der Waals surface area contributed by atoms with Crippen LogP contribution in [-0.4, -0.2) is 27.4 Å². The summed E-state index contributed by atoms with van der Waals surface area (Å²) < 4.78 is 144. The Kier molecular flexibility index (Phi) is 11.8. The Morgan fingerprint density at radius 2 is 0.414 bits per heavy atom. The predicted octanol–water partition coefficient (Wildman–Crippen LogP) is 23.7. The molecule has 0 amide bonds. The van der Waals surface area contributed by atoms with E-state index in [0.29, 0.717) is 66.4 Å². The summed E-state index contributed by atoms with van der Waals surface area (Å²) >= 11 is 0. The Labute approximate surface area is 555 Å². The van der Waals surface area contributed by atoms with Crippen molar-refractivity contribution in [2.75, 3.05) is 0 Å². The molecule has 0 fully saturated rings. The van der Waals surface area contributed by atoms with E-state index >= 15 is 35.1 Å². The van der Waals surface area contributed by atoms with E-state index in [0.717, 1.165) is 99.4 Å². The summed E-state index contributed by atoms with van der Waals surface area (Å²) in [4.78, 5) is 0. The molecule has 0 unspecified atom stereocenters. The van der Waals surface area contributed by atoms with Crippen LogP contribution >= 0.6 is 0 Å². The van der Waals surface area contributed by atoms with Crippen molar-refractivity contribution in [1.82, 2.24) is 27.4 Å². The first kappa shape index (κ1) is 56.6. The Bertz CT molecular complexity index is 6350. The van der Waals surface area contributed by atoms with Crippen molar-refractivity contribution in [3.63, 3.8) is 0 Å². The van der Waals surface area contributed by atoms with Crippen LogP contribution in [0.15, 0.2) is 279 Å². The van der Waals surface area contributed by atoms with Gasteiger partial charge in [0, 0.05) is 92.9 Å². The first-order chi connectivity index (χ1) is 48.4. The number of hydrogen-bond donors (Lipinski definition) is 0. The highest BCUT2D eigenvalue weighted by Crippen LogP contribution is 2.49. The lowest BCUT2D eigenvalue weighted by molar-refractivity contribution is -0.137. The van der Waals surface area contributed by atoms with Crippen LogP contribution in [0.1, 0.15) is 5.56 Å². The standard InChI is InChI=1S/C85H46F8N6/c86-80-79(81(87)83(89)84(90)82(80)88)63-45-77(98-73-41-47(94-65-25-9-1-17-51(65)52-18-2-10-26-66(52)94)33-37-59(73)60-38-34-48(42-74(60)98)95-67-27-11-3-19-53(67)54-20-4-12-28-68(54)95)78(46-64(63)85(91,92)93)99-75-43-49(96-69-29-13-5-21-55(69)56-22-6-14-30-70(56)96)35-39-61(75)62-40-36-50(44-76(62)99)97-71-31-15-7-23-57(71)58-24-8-16-32-72(58)97/h1-46H. The van der Waals surface area contributed by atoms with Gasteiger partial charge in [-0.1, -0.05) is 170 Å². The average Bonchev–Trinajstić information content (AvgIpc) is 1.60. The number of hydrogen-bond acceptors (Lipinski definition) is 0. The van der Waals surface area contributed by atoms with Crippen LogP contribution < -0.4 is 0 Å². The first-order valence-corrected chi connectivity index (χ1v) is 32.3. The zero-order valence-electron chi connectivity index (χ0n) is 51.8. The third-order valence-electron chi connectivity index (χ3n) is 20.2. The van der Waals surface area contributed by atoms with Gasteiger partial charge in [-0.3, -0.25) is 0 Å². The minimum Gasteiger partial charge on any atom is -0.309 e. The molecule has 99 heavy (non-hydrogen) atoms. The van der Waals surface area contributed by atoms with E-state index in [1.165, 1.54) is 0 Å². The van der Waals surface area contributed by atoms with Crippen LogP contribution in [0.2, 0.25) is 0 Å². The lowest BCUT2D eigenvalue weighted by atomic mass is 9.95. The normalized spacial score (nSPS) is 12.4. The van der Waals surface area contributed by atoms with Crippen molar-refractivity contribution in [1.29, 1.82) is 0 Å². The van der Waals surface area contributed by atoms with Gasteiger partial charge in [-0.2, -0.15) is 13.2 Å². The van der Waals surface area contributed by atoms with Crippen LogP contribution in [0.25, 0.3) is 176 Å². The quantitative estimate of drug-likeness (QED) is 0.0865. The second-order valence-electron chi connectivity index (χ2n) is 25.3. The fourth-order valence-electron chi connectivity index (χ4n) is 16.1. The molecule has 20 rings (SSSR count). The number of nitrogens with zero attached hydrogens (tertiary/aromatic N) is 6. The van der Waals surface area contributed by atoms with E-state index < -0.39 is 52.0 Å². The lowest BCUT2D eigenvalue weighted by Gasteiger charge is -2.23. The fraction of sp³-hybridized carbons (Fsp3) is 0.0118. The maximum atomic E-state index is 17.0. The zero-order chi connectivity index (χ0) is 66.4. The summed E-state index contributed by atoms with van der Waals surface area (Å²) in [5.74, 6) is -12.2. The summed E-state index contributed by atoms with van der Waals surface area (Å²) in [6, 6.07) is 89.1. The molecule has 0 N–H and O–H groups in total. The SMILES string of the molecule is Fc1c(F)c(F)c(-c2cc(-n3c4cc(-n5c6ccccc6c6ccccc65)ccc4c4ccc(-n5c6ccccc6c6ccccc65)cc43)c(-n3c4cc(-n5c6ccccc6c6ccccc65)ccc4c4ccc(-n5c6ccccc6c6ccccc65)cc43)cc2C(F)(F)F)c(F)c1F. The molecular weight excluding hydrogens is 1260 g/mol. The molecule has 0 aliphatic carbocycles. The van der Waals surface area contributed by atoms with Gasteiger partial charge in [-0.05, 0) is 109 Å². The van der Waals surface area contributed by atoms with E-state index in [2.05, 4.69) is 18.3 Å². The molecule has 0 atom stereocenters. The van der Waals surface area contributed by atoms with E-state index in [4.69, 9.17) is 0 Å². The molecule has 14 aromatic carbocycles. The van der Waals surface area contributed by atoms with Crippen molar-refractivity contribution in [2.24, 2.45) is 0 Å². The number of halogens is 8. The summed E-state index contributed by atoms with van der Waals surface area (Å²) in [5.41, 5.74) is 6.36. The summed E-state index contributed by atoms with van der Waals surface area (Å²) in [5, 5.41) is 10.3. The molecule has 0 aliphatic heterocycles. The van der Waals surface area contributed by atoms with Crippen LogP contribution in [0.5, 0.6) is 0 Å². The van der Waals surface area contributed by atoms with E-state index in [1.807, 2.05) is 267 Å². The molecule has 20 aromatic rings. The topological polar surface area (TPSA) is 29.6 Å². The largest absolute Gasteiger partial charge is 0.417 e. The molecule has 0 aliphatic rings. The highest BCUT2D eigenvalue weighted by Gasteiger charge is 2.40. The second kappa shape index (κ2) is 20.7. The number of fused-ring (bicyclic) bond motifs is 18. The number of aromatic nitrogens is 6. The first-order valence-electron chi connectivity index (χ1n) is 32.3. The molecule has 0 saturated carbocycles. The van der Waals surface area contributed by atoms with E-state index in [9.17, 15) is 0 Å². The molecule has 0 radical (unpaired) electrons. The van der Waals surface area contributed by atoms with Gasteiger partial charge in [0.15, 0.2) is 23.3 Å². The molecule has 0 bridgehead atoms. The molecule has 14 heteroatoms. The van der Waals surface area contributed by atoms with Crippen LogP contribution in [-0.2, 0) is 6.18 Å². The van der Waals surface area contributed by atoms with Gasteiger partial charge in [0.1, 0.15) is 0 Å². The highest BCUT2D eigenvalue weighted by atomic mass is 19.4. The lowest BCUT2D eigenvalue weighted by Crippen LogP contribution is -2.14. The monoisotopic (exact) mass is 1300 g/mol. The predicted molar refractivity (Wildman–Crippen MR) is 383 cm³/mol. The van der Waals surface area contributed by atoms with Crippen LogP contribution in [0.4, 0.5) is 35.1 Å². The van der Waals surface area contributed by atoms with Crippen molar-refractivity contribution >= 4 is 131 Å². The molecular formula is C85H46F8N6. The summed E-state index contributed by atoms with van der Waals surface area (Å²) in [6.45, 7) is 0. The number of alkyl halides is 3. The van der Waals surface area contributed by atoms with Crippen molar-refractivity contribution in [2.45, 2.75) is 6.18 Å². The average molecular weight is 1300 g/mol. The molecule has 6 nitrogen and oxygen atoms in total. The Balaban J connectivity index is 0.990. The molecule has 6 heterocycles. The Morgan fingerprint density at radius 1 is 0.202 bits per heavy atom. The highest BCUT2D eigenvalue weighted by molar-refractivity contribution is 6.17. The van der Waals surface area contributed by atoms with Gasteiger partial charge in [0.2, 0.25) is 5.82 Å². The number of benzene rings is 14. The summed E-state index contributed by atoms with van der Waals surface area (Å²) in [7, 11) is 0. The second-order valence-corrected chi connectivity index (χ2v) is 25.3. The van der Waals surface area contributed by atoms with Crippen molar-refractivity contribution in [3.8, 4) is 45.3 Å². The molecule has 6 aromatic heterocycles. The minimum atomic E-state index is -5.50. The molecule has 0 saturated heterocycles.